The Kier molecular flexibility index (Phi) is 6.82. The summed E-state index contributed by atoms with van der Waals surface area (Å²) in [6.07, 6.45) is 2.29. The van der Waals surface area contributed by atoms with Gasteiger partial charge in [-0.2, -0.15) is 0 Å². The van der Waals surface area contributed by atoms with E-state index in [2.05, 4.69) is 22.9 Å². The third kappa shape index (κ3) is 4.93. The monoisotopic (exact) mass is 472 g/mol. The summed E-state index contributed by atoms with van der Waals surface area (Å²) in [6.45, 7) is 2.88. The van der Waals surface area contributed by atoms with E-state index in [-0.39, 0.29) is 18.1 Å². The summed E-state index contributed by atoms with van der Waals surface area (Å²) < 4.78 is 28.0. The van der Waals surface area contributed by atoms with Gasteiger partial charge in [-0.1, -0.05) is 48.5 Å². The summed E-state index contributed by atoms with van der Waals surface area (Å²) in [7, 11) is 1.65. The molecule has 4 aromatic rings. The molecular formula is C29H29FN2O3. The molecule has 0 bridgehead atoms. The Labute approximate surface area is 204 Å². The second kappa shape index (κ2) is 10.3. The molecule has 2 heterocycles. The molecule has 0 unspecified atom stereocenters. The van der Waals surface area contributed by atoms with Crippen LogP contribution in [-0.4, -0.2) is 48.8 Å². The molecule has 3 aromatic carbocycles. The molecule has 0 N–H and O–H groups in total. The highest BCUT2D eigenvalue weighted by atomic mass is 19.1. The number of aromatic nitrogens is 1. The van der Waals surface area contributed by atoms with Gasteiger partial charge in [-0.25, -0.2) is 4.39 Å². The first kappa shape index (κ1) is 23.1. The van der Waals surface area contributed by atoms with Crippen LogP contribution in [0.5, 0.6) is 5.75 Å². The van der Waals surface area contributed by atoms with Crippen molar-refractivity contribution in [1.82, 2.24) is 9.47 Å². The zero-order chi connectivity index (χ0) is 24.2. The molecule has 1 amide bonds. The smallest absolute Gasteiger partial charge is 0.223 e. The van der Waals surface area contributed by atoms with Gasteiger partial charge in [0.05, 0.1) is 20.3 Å². The molecular weight excluding hydrogens is 443 g/mol. The van der Waals surface area contributed by atoms with Gasteiger partial charge in [-0.15, -0.1) is 0 Å². The number of fused-ring (bicyclic) bond motifs is 1. The number of rotatable bonds is 7. The molecule has 0 saturated carbocycles. The summed E-state index contributed by atoms with van der Waals surface area (Å²) in [6, 6.07) is 22.9. The van der Waals surface area contributed by atoms with Crippen LogP contribution in [0.25, 0.3) is 10.9 Å². The molecule has 1 saturated heterocycles. The van der Waals surface area contributed by atoms with Crippen LogP contribution in [0.1, 0.15) is 29.0 Å². The molecule has 1 atom stereocenters. The molecule has 1 aromatic heterocycles. The highest BCUT2D eigenvalue weighted by Crippen LogP contribution is 2.36. The van der Waals surface area contributed by atoms with Gasteiger partial charge in [0.15, 0.2) is 0 Å². The van der Waals surface area contributed by atoms with Crippen molar-refractivity contribution in [3.8, 4) is 5.75 Å². The molecule has 0 spiro atoms. The molecule has 0 radical (unpaired) electrons. The maximum Gasteiger partial charge on any atom is 0.223 e. The van der Waals surface area contributed by atoms with Crippen LogP contribution in [0.4, 0.5) is 4.39 Å². The number of amides is 1. The average Bonchev–Trinajstić information content (AvgIpc) is 3.26. The van der Waals surface area contributed by atoms with Gasteiger partial charge < -0.3 is 18.9 Å². The molecule has 6 heteroatoms. The number of nitrogens with zero attached hydrogens (tertiary/aromatic N) is 2. The van der Waals surface area contributed by atoms with Crippen molar-refractivity contribution in [3.63, 3.8) is 0 Å². The van der Waals surface area contributed by atoms with E-state index in [1.165, 1.54) is 6.07 Å². The number of hydrogen-bond acceptors (Lipinski definition) is 3. The predicted molar refractivity (Wildman–Crippen MR) is 134 cm³/mol. The van der Waals surface area contributed by atoms with Crippen LogP contribution >= 0.6 is 0 Å². The van der Waals surface area contributed by atoms with Crippen molar-refractivity contribution in [1.29, 1.82) is 0 Å². The fourth-order valence-corrected chi connectivity index (χ4v) is 4.87. The second-order valence-electron chi connectivity index (χ2n) is 8.85. The van der Waals surface area contributed by atoms with Crippen molar-refractivity contribution in [2.45, 2.75) is 18.9 Å². The summed E-state index contributed by atoms with van der Waals surface area (Å²) in [4.78, 5) is 15.1. The topological polar surface area (TPSA) is 43.7 Å². The quantitative estimate of drug-likeness (QED) is 0.371. The number of morpholine rings is 1. The standard InChI is InChI=1S/C29H29FN2O3/c1-34-22-12-10-21(11-13-22)19-32-20-26(24-7-3-5-9-28(24)32)25(23-6-2-4-8-27(23)30)18-29(33)31-14-16-35-17-15-31/h2-13,20,25H,14-19H2,1H3/t25-/m0/s1. The number of carbonyl (C=O) groups is 1. The highest BCUT2D eigenvalue weighted by molar-refractivity contribution is 5.87. The Hall–Kier alpha value is -3.64. The Bertz CT molecular complexity index is 1310. The lowest BCUT2D eigenvalue weighted by molar-refractivity contribution is -0.135. The van der Waals surface area contributed by atoms with Crippen molar-refractivity contribution in [3.05, 3.63) is 102 Å². The zero-order valence-electron chi connectivity index (χ0n) is 19.8. The molecule has 5 nitrogen and oxygen atoms in total. The van der Waals surface area contributed by atoms with Gasteiger partial charge in [-0.05, 0) is 41.0 Å². The minimum absolute atomic E-state index is 0.0218. The fraction of sp³-hybridized carbons (Fsp3) is 0.276. The van der Waals surface area contributed by atoms with Crippen LogP contribution in [0.15, 0.2) is 79.0 Å². The molecule has 0 aliphatic carbocycles. The third-order valence-corrected chi connectivity index (χ3v) is 6.73. The number of para-hydroxylation sites is 1. The first-order chi connectivity index (χ1) is 17.1. The van der Waals surface area contributed by atoms with E-state index in [0.29, 0.717) is 38.4 Å². The summed E-state index contributed by atoms with van der Waals surface area (Å²) >= 11 is 0. The predicted octanol–water partition coefficient (Wildman–Crippen LogP) is 5.22. The number of halogens is 1. The van der Waals surface area contributed by atoms with Gasteiger partial charge in [0.25, 0.3) is 0 Å². The van der Waals surface area contributed by atoms with E-state index in [4.69, 9.17) is 9.47 Å². The van der Waals surface area contributed by atoms with E-state index < -0.39 is 5.92 Å². The van der Waals surface area contributed by atoms with Gasteiger partial charge in [-0.3, -0.25) is 4.79 Å². The fourth-order valence-electron chi connectivity index (χ4n) is 4.87. The van der Waals surface area contributed by atoms with Crippen LogP contribution in [0.2, 0.25) is 0 Å². The maximum atomic E-state index is 15.1. The number of hydrogen-bond donors (Lipinski definition) is 0. The molecule has 35 heavy (non-hydrogen) atoms. The maximum absolute atomic E-state index is 15.1. The number of methoxy groups -OCH3 is 1. The van der Waals surface area contributed by atoms with Crippen LogP contribution in [-0.2, 0) is 16.1 Å². The van der Waals surface area contributed by atoms with E-state index in [9.17, 15) is 4.79 Å². The molecule has 1 aliphatic rings. The Morgan fingerprint density at radius 3 is 2.43 bits per heavy atom. The number of carbonyl (C=O) groups excluding carboxylic acids is 1. The Morgan fingerprint density at radius 1 is 0.971 bits per heavy atom. The Morgan fingerprint density at radius 2 is 1.69 bits per heavy atom. The van der Waals surface area contributed by atoms with Crippen LogP contribution in [0, 0.1) is 5.82 Å². The summed E-state index contributed by atoms with van der Waals surface area (Å²) in [5, 5.41) is 1.03. The van der Waals surface area contributed by atoms with Gasteiger partial charge in [0, 0.05) is 49.1 Å². The van der Waals surface area contributed by atoms with Crippen molar-refractivity contribution in [2.24, 2.45) is 0 Å². The third-order valence-electron chi connectivity index (χ3n) is 6.73. The average molecular weight is 473 g/mol. The summed E-state index contributed by atoms with van der Waals surface area (Å²) in [5.41, 5.74) is 3.69. The first-order valence-corrected chi connectivity index (χ1v) is 11.9. The molecule has 180 valence electrons. The van der Waals surface area contributed by atoms with Crippen LogP contribution in [0.3, 0.4) is 0 Å². The Balaban J connectivity index is 1.55. The highest BCUT2D eigenvalue weighted by Gasteiger charge is 2.27. The van der Waals surface area contributed by atoms with Crippen molar-refractivity contribution < 1.29 is 18.7 Å². The normalized spacial score (nSPS) is 14.7. The van der Waals surface area contributed by atoms with Crippen molar-refractivity contribution >= 4 is 16.8 Å². The largest absolute Gasteiger partial charge is 0.497 e. The lowest BCUT2D eigenvalue weighted by Gasteiger charge is -2.28. The SMILES string of the molecule is COc1ccc(Cn2cc([C@@H](CC(=O)N3CCOCC3)c3ccccc3F)c3ccccc32)cc1. The lowest BCUT2D eigenvalue weighted by Crippen LogP contribution is -2.41. The van der Waals surface area contributed by atoms with Gasteiger partial charge in [0.2, 0.25) is 5.91 Å². The van der Waals surface area contributed by atoms with Gasteiger partial charge >= 0.3 is 0 Å². The zero-order valence-corrected chi connectivity index (χ0v) is 19.8. The minimum atomic E-state index is -0.395. The van der Waals surface area contributed by atoms with Gasteiger partial charge in [0.1, 0.15) is 11.6 Å². The van der Waals surface area contributed by atoms with E-state index in [1.54, 1.807) is 19.2 Å². The lowest BCUT2D eigenvalue weighted by atomic mass is 9.87. The van der Waals surface area contributed by atoms with Crippen LogP contribution < -0.4 is 4.74 Å². The first-order valence-electron chi connectivity index (χ1n) is 11.9. The molecule has 1 aliphatic heterocycles. The molecule has 5 rings (SSSR count). The summed E-state index contributed by atoms with van der Waals surface area (Å²) in [5.74, 6) is 0.148. The van der Waals surface area contributed by atoms with E-state index >= 15 is 4.39 Å². The molecule has 1 fully saturated rings. The number of ether oxygens (including phenoxy) is 2. The van der Waals surface area contributed by atoms with Crippen molar-refractivity contribution in [2.75, 3.05) is 33.4 Å². The van der Waals surface area contributed by atoms with E-state index in [1.807, 2.05) is 47.4 Å². The second-order valence-corrected chi connectivity index (χ2v) is 8.85. The van der Waals surface area contributed by atoms with E-state index in [0.717, 1.165) is 27.8 Å². The minimum Gasteiger partial charge on any atom is -0.497 e. The number of benzene rings is 3.